The predicted molar refractivity (Wildman–Crippen MR) is 87.5 cm³/mol. The normalized spacial score (nSPS) is 11.4. The van der Waals surface area contributed by atoms with Gasteiger partial charge >= 0.3 is 7.60 Å². The van der Waals surface area contributed by atoms with Gasteiger partial charge in [-0.1, -0.05) is 24.3 Å². The first-order valence-corrected chi connectivity index (χ1v) is 9.18. The minimum absolute atomic E-state index is 0.0696. The number of ether oxygens (including phenoxy) is 1. The molecule has 6 heteroatoms. The van der Waals surface area contributed by atoms with Crippen LogP contribution in [0.3, 0.4) is 0 Å². The van der Waals surface area contributed by atoms with E-state index >= 15 is 0 Å². The first-order chi connectivity index (χ1) is 11.1. The van der Waals surface area contributed by atoms with Crippen LogP contribution in [0.25, 0.3) is 0 Å². The Balaban J connectivity index is 2.21. The summed E-state index contributed by atoms with van der Waals surface area (Å²) in [5, 5.41) is 0. The number of benzene rings is 2. The van der Waals surface area contributed by atoms with Crippen molar-refractivity contribution in [3.63, 3.8) is 0 Å². The van der Waals surface area contributed by atoms with E-state index in [0.29, 0.717) is 11.3 Å². The van der Waals surface area contributed by atoms with E-state index in [0.717, 1.165) is 0 Å². The molecule has 2 aromatic carbocycles. The van der Waals surface area contributed by atoms with Gasteiger partial charge in [0.1, 0.15) is 5.75 Å². The molecule has 23 heavy (non-hydrogen) atoms. The maximum absolute atomic E-state index is 13.9. The Morgan fingerprint density at radius 1 is 1.00 bits per heavy atom. The van der Waals surface area contributed by atoms with Crippen molar-refractivity contribution >= 4 is 7.60 Å². The molecule has 0 saturated heterocycles. The Labute approximate surface area is 135 Å². The highest BCUT2D eigenvalue weighted by Crippen LogP contribution is 2.51. The van der Waals surface area contributed by atoms with E-state index in [1.807, 2.05) is 6.07 Å². The van der Waals surface area contributed by atoms with E-state index in [1.165, 1.54) is 12.1 Å². The van der Waals surface area contributed by atoms with Crippen LogP contribution < -0.4 is 4.74 Å². The van der Waals surface area contributed by atoms with Crippen LogP contribution in [0.1, 0.15) is 19.4 Å². The summed E-state index contributed by atoms with van der Waals surface area (Å²) in [4.78, 5) is 0. The summed E-state index contributed by atoms with van der Waals surface area (Å²) in [6, 6.07) is 13.3. The predicted octanol–water partition coefficient (Wildman–Crippen LogP) is 5.38. The molecule has 0 aliphatic rings. The van der Waals surface area contributed by atoms with Gasteiger partial charge in [0.15, 0.2) is 11.6 Å². The summed E-state index contributed by atoms with van der Waals surface area (Å²) >= 11 is 0. The van der Waals surface area contributed by atoms with Crippen LogP contribution in [0.4, 0.5) is 4.39 Å². The van der Waals surface area contributed by atoms with Crippen molar-refractivity contribution in [3.05, 3.63) is 59.9 Å². The Morgan fingerprint density at radius 3 is 2.26 bits per heavy atom. The molecule has 0 aliphatic heterocycles. The first kappa shape index (κ1) is 17.7. The lowest BCUT2D eigenvalue weighted by atomic mass is 10.2. The highest BCUT2D eigenvalue weighted by molar-refractivity contribution is 7.53. The third-order valence-electron chi connectivity index (χ3n) is 2.99. The number of hydrogen-bond acceptors (Lipinski definition) is 4. The molecule has 0 unspecified atom stereocenters. The second kappa shape index (κ2) is 8.25. The van der Waals surface area contributed by atoms with Crippen molar-refractivity contribution in [1.29, 1.82) is 0 Å². The lowest BCUT2D eigenvalue weighted by Gasteiger charge is -2.17. The van der Waals surface area contributed by atoms with E-state index in [-0.39, 0.29) is 25.1 Å². The quantitative estimate of drug-likeness (QED) is 0.606. The monoisotopic (exact) mass is 338 g/mol. The van der Waals surface area contributed by atoms with Crippen LogP contribution in [0.2, 0.25) is 0 Å². The minimum Gasteiger partial charge on any atom is -0.454 e. The van der Waals surface area contributed by atoms with Crippen molar-refractivity contribution in [2.45, 2.75) is 20.0 Å². The summed E-state index contributed by atoms with van der Waals surface area (Å²) in [6.07, 6.45) is 0.0696. The lowest BCUT2D eigenvalue weighted by Crippen LogP contribution is -2.00. The van der Waals surface area contributed by atoms with Gasteiger partial charge in [-0.15, -0.1) is 0 Å². The van der Waals surface area contributed by atoms with Crippen molar-refractivity contribution in [2.24, 2.45) is 0 Å². The Bertz CT molecular complexity index is 666. The van der Waals surface area contributed by atoms with Crippen molar-refractivity contribution in [3.8, 4) is 11.5 Å². The van der Waals surface area contributed by atoms with Gasteiger partial charge in [-0.3, -0.25) is 4.57 Å². The van der Waals surface area contributed by atoms with E-state index in [1.54, 1.807) is 44.2 Å². The Kier molecular flexibility index (Phi) is 6.34. The molecule has 0 bridgehead atoms. The summed E-state index contributed by atoms with van der Waals surface area (Å²) in [7, 11) is -3.24. The van der Waals surface area contributed by atoms with E-state index in [2.05, 4.69) is 0 Å². The zero-order chi connectivity index (χ0) is 16.7. The molecule has 0 aromatic heterocycles. The van der Waals surface area contributed by atoms with Gasteiger partial charge in [0.05, 0.1) is 19.4 Å². The molecule has 0 radical (unpaired) electrons. The first-order valence-electron chi connectivity index (χ1n) is 7.46. The number of rotatable bonds is 8. The average molecular weight is 338 g/mol. The highest BCUT2D eigenvalue weighted by atomic mass is 31.2. The van der Waals surface area contributed by atoms with Crippen LogP contribution in [-0.4, -0.2) is 13.2 Å². The average Bonchev–Trinajstić information content (AvgIpc) is 2.52. The van der Waals surface area contributed by atoms with Gasteiger partial charge in [0.25, 0.3) is 0 Å². The van der Waals surface area contributed by atoms with Crippen molar-refractivity contribution in [2.75, 3.05) is 13.2 Å². The van der Waals surface area contributed by atoms with Crippen molar-refractivity contribution in [1.82, 2.24) is 0 Å². The summed E-state index contributed by atoms with van der Waals surface area (Å²) in [5.74, 6) is 0.120. The minimum atomic E-state index is -3.24. The molecule has 0 saturated carbocycles. The Morgan fingerprint density at radius 2 is 1.65 bits per heavy atom. The molecule has 0 aliphatic carbocycles. The fourth-order valence-electron chi connectivity index (χ4n) is 2.09. The van der Waals surface area contributed by atoms with Crippen LogP contribution in [0.15, 0.2) is 48.5 Å². The van der Waals surface area contributed by atoms with Crippen molar-refractivity contribution < 1.29 is 22.7 Å². The molecule has 124 valence electrons. The third-order valence-corrected chi connectivity index (χ3v) is 5.05. The fourth-order valence-corrected chi connectivity index (χ4v) is 3.77. The molecular formula is C17H20FO4P. The van der Waals surface area contributed by atoms with E-state index in [9.17, 15) is 8.96 Å². The lowest BCUT2D eigenvalue weighted by molar-refractivity contribution is 0.219. The molecule has 0 heterocycles. The largest absolute Gasteiger partial charge is 0.454 e. The third kappa shape index (κ3) is 5.17. The molecule has 0 N–H and O–H groups in total. The topological polar surface area (TPSA) is 44.8 Å². The van der Waals surface area contributed by atoms with Gasteiger partial charge in [-0.2, -0.15) is 0 Å². The van der Waals surface area contributed by atoms with Crippen LogP contribution in [0, 0.1) is 5.82 Å². The molecule has 0 atom stereocenters. The summed E-state index contributed by atoms with van der Waals surface area (Å²) in [6.45, 7) is 4.07. The molecule has 0 spiro atoms. The number of halogens is 1. The molecule has 2 rings (SSSR count). The maximum atomic E-state index is 13.9. The smallest absolute Gasteiger partial charge is 0.335 e. The molecule has 4 nitrogen and oxygen atoms in total. The maximum Gasteiger partial charge on any atom is 0.335 e. The van der Waals surface area contributed by atoms with Gasteiger partial charge in [0, 0.05) is 0 Å². The molecular weight excluding hydrogens is 318 g/mol. The number of hydrogen-bond donors (Lipinski definition) is 0. The van der Waals surface area contributed by atoms with Crippen LogP contribution >= 0.6 is 7.60 Å². The van der Waals surface area contributed by atoms with Crippen LogP contribution in [0.5, 0.6) is 11.5 Å². The van der Waals surface area contributed by atoms with E-state index in [4.69, 9.17) is 13.8 Å². The summed E-state index contributed by atoms with van der Waals surface area (Å²) < 4.78 is 42.5. The number of para-hydroxylation sites is 1. The SMILES string of the molecule is CCOP(=O)(Cc1ccc(F)c(Oc2ccccc2)c1)OCC. The molecule has 0 fully saturated rings. The van der Waals surface area contributed by atoms with Gasteiger partial charge in [-0.25, -0.2) is 4.39 Å². The van der Waals surface area contributed by atoms with E-state index < -0.39 is 13.4 Å². The van der Waals surface area contributed by atoms with Crippen LogP contribution in [-0.2, 0) is 19.8 Å². The Hall–Kier alpha value is -1.68. The zero-order valence-electron chi connectivity index (χ0n) is 13.2. The second-order valence-electron chi connectivity index (χ2n) is 4.78. The standard InChI is InChI=1S/C17H20FO4P/c1-3-20-23(19,21-4-2)13-14-10-11-16(18)17(12-14)22-15-8-6-5-7-9-15/h5-12H,3-4,13H2,1-2H3. The van der Waals surface area contributed by atoms with Gasteiger partial charge < -0.3 is 13.8 Å². The molecule has 0 amide bonds. The van der Waals surface area contributed by atoms with Gasteiger partial charge in [0.2, 0.25) is 0 Å². The molecule has 2 aromatic rings. The zero-order valence-corrected chi connectivity index (χ0v) is 14.1. The fraction of sp³-hybridized carbons (Fsp3) is 0.294. The highest BCUT2D eigenvalue weighted by Gasteiger charge is 2.24. The second-order valence-corrected chi connectivity index (χ2v) is 6.84. The summed E-state index contributed by atoms with van der Waals surface area (Å²) in [5.41, 5.74) is 0.627. The van der Waals surface area contributed by atoms with Gasteiger partial charge in [-0.05, 0) is 43.7 Å².